The van der Waals surface area contributed by atoms with Crippen molar-refractivity contribution in [2.24, 2.45) is 0 Å². The molecule has 1 N–H and O–H groups in total. The maximum Gasteiger partial charge on any atom is 0.141 e. The van der Waals surface area contributed by atoms with Crippen molar-refractivity contribution in [1.29, 1.82) is 0 Å². The summed E-state index contributed by atoms with van der Waals surface area (Å²) in [7, 11) is 0. The zero-order chi connectivity index (χ0) is 14.8. The zero-order valence-corrected chi connectivity index (χ0v) is 12.5. The Labute approximate surface area is 127 Å². The number of thiocarbonyl (C=S) groups is 1. The minimum Gasteiger partial charge on any atom is -0.506 e. The summed E-state index contributed by atoms with van der Waals surface area (Å²) >= 11 is 5.45. The van der Waals surface area contributed by atoms with E-state index in [0.717, 1.165) is 18.7 Å². The number of hydrogen-bond donors (Lipinski definition) is 1. The Morgan fingerprint density at radius 2 is 2.10 bits per heavy atom. The first-order valence-corrected chi connectivity index (χ1v) is 7.15. The number of nitrogens with zero attached hydrogens (tertiary/aromatic N) is 4. The summed E-state index contributed by atoms with van der Waals surface area (Å²) in [4.78, 5) is 2.72. The van der Waals surface area contributed by atoms with Gasteiger partial charge in [0.2, 0.25) is 0 Å². The van der Waals surface area contributed by atoms with Gasteiger partial charge in [-0.25, -0.2) is 4.68 Å². The molecule has 0 saturated carbocycles. The van der Waals surface area contributed by atoms with Gasteiger partial charge in [0.15, 0.2) is 0 Å². The Balaban J connectivity index is 1.84. The van der Waals surface area contributed by atoms with Crippen LogP contribution in [0.3, 0.4) is 0 Å². The molecule has 3 rings (SSSR count). The molecular formula is C14H16N4O2S. The molecular weight excluding hydrogens is 288 g/mol. The number of hydrogen-bond acceptors (Lipinski definition) is 5. The monoisotopic (exact) mass is 304 g/mol. The lowest BCUT2D eigenvalue weighted by molar-refractivity contribution is 0.0692. The first-order chi connectivity index (χ1) is 10.1. The fraction of sp³-hybridized carbons (Fsp3) is 0.357. The van der Waals surface area contributed by atoms with E-state index in [2.05, 4.69) is 15.2 Å². The summed E-state index contributed by atoms with van der Waals surface area (Å²) < 4.78 is 6.85. The molecule has 2 heterocycles. The quantitative estimate of drug-likeness (QED) is 0.844. The molecule has 110 valence electrons. The molecule has 0 amide bonds. The zero-order valence-electron chi connectivity index (χ0n) is 11.7. The van der Waals surface area contributed by atoms with E-state index < -0.39 is 0 Å². The Hall–Kier alpha value is -1.99. The average Bonchev–Trinajstić information content (AvgIpc) is 2.97. The van der Waals surface area contributed by atoms with Crippen molar-refractivity contribution in [3.8, 4) is 11.4 Å². The first kappa shape index (κ1) is 14.0. The smallest absolute Gasteiger partial charge is 0.141 e. The van der Waals surface area contributed by atoms with E-state index in [-0.39, 0.29) is 5.75 Å². The van der Waals surface area contributed by atoms with Crippen molar-refractivity contribution < 1.29 is 9.84 Å². The van der Waals surface area contributed by atoms with Crippen molar-refractivity contribution in [3.05, 3.63) is 35.7 Å². The van der Waals surface area contributed by atoms with Crippen LogP contribution >= 0.6 is 12.2 Å². The van der Waals surface area contributed by atoms with Crippen LogP contribution in [0.2, 0.25) is 0 Å². The molecule has 0 spiro atoms. The molecule has 1 aromatic heterocycles. The Kier molecular flexibility index (Phi) is 3.85. The summed E-state index contributed by atoms with van der Waals surface area (Å²) in [5.74, 6) is 0.170. The lowest BCUT2D eigenvalue weighted by Gasteiger charge is -2.27. The third-order valence-corrected chi connectivity index (χ3v) is 3.86. The maximum atomic E-state index is 9.99. The van der Waals surface area contributed by atoms with E-state index in [0.29, 0.717) is 29.6 Å². The van der Waals surface area contributed by atoms with Crippen LogP contribution in [0.4, 0.5) is 0 Å². The Morgan fingerprint density at radius 1 is 1.33 bits per heavy atom. The third-order valence-electron chi connectivity index (χ3n) is 3.39. The Morgan fingerprint density at radius 3 is 2.81 bits per heavy atom. The van der Waals surface area contributed by atoms with Crippen molar-refractivity contribution in [1.82, 2.24) is 19.9 Å². The first-order valence-electron chi connectivity index (χ1n) is 6.74. The van der Waals surface area contributed by atoms with Gasteiger partial charge in [-0.2, -0.15) is 0 Å². The van der Waals surface area contributed by atoms with Crippen molar-refractivity contribution in [2.45, 2.75) is 6.92 Å². The number of morpholine rings is 1. The maximum absolute atomic E-state index is 9.99. The predicted octanol–water partition coefficient (Wildman–Crippen LogP) is 1.29. The number of aryl methyl sites for hydroxylation is 1. The van der Waals surface area contributed by atoms with E-state index in [1.54, 1.807) is 18.3 Å². The Bertz CT molecular complexity index is 665. The average molecular weight is 304 g/mol. The minimum absolute atomic E-state index is 0.170. The van der Waals surface area contributed by atoms with Crippen LogP contribution in [-0.2, 0) is 4.74 Å². The van der Waals surface area contributed by atoms with E-state index in [1.165, 1.54) is 4.68 Å². The highest BCUT2D eigenvalue weighted by Gasteiger charge is 2.18. The van der Waals surface area contributed by atoms with Crippen LogP contribution in [0.15, 0.2) is 24.4 Å². The lowest BCUT2D eigenvalue weighted by atomic mass is 10.2. The standard InChI is InChI=1S/C14H16N4O2S/c1-10-2-3-12(13(19)8-10)18-9-11(15-16-18)14(21)17-4-6-20-7-5-17/h2-3,8-9,19H,4-7H2,1H3. The lowest BCUT2D eigenvalue weighted by Crippen LogP contribution is -2.40. The summed E-state index contributed by atoms with van der Waals surface area (Å²) in [5, 5.41) is 18.2. The molecule has 1 saturated heterocycles. The largest absolute Gasteiger partial charge is 0.506 e. The molecule has 1 fully saturated rings. The fourth-order valence-electron chi connectivity index (χ4n) is 2.24. The van der Waals surface area contributed by atoms with Crippen LogP contribution in [0.5, 0.6) is 5.75 Å². The van der Waals surface area contributed by atoms with Gasteiger partial charge in [0.1, 0.15) is 22.1 Å². The minimum atomic E-state index is 0.170. The number of phenolic OH excluding ortho intramolecular Hbond substituents is 1. The number of ether oxygens (including phenoxy) is 1. The molecule has 0 aliphatic carbocycles. The number of phenols is 1. The molecule has 21 heavy (non-hydrogen) atoms. The predicted molar refractivity (Wildman–Crippen MR) is 81.9 cm³/mol. The number of rotatable bonds is 2. The summed E-state index contributed by atoms with van der Waals surface area (Å²) in [5.41, 5.74) is 2.21. The molecule has 1 aliphatic heterocycles. The van der Waals surface area contributed by atoms with Gasteiger partial charge in [-0.3, -0.25) is 0 Å². The normalized spacial score (nSPS) is 15.2. The topological polar surface area (TPSA) is 63.4 Å². The van der Waals surface area contributed by atoms with Crippen LogP contribution in [0.25, 0.3) is 5.69 Å². The fourth-order valence-corrected chi connectivity index (χ4v) is 2.51. The highest BCUT2D eigenvalue weighted by molar-refractivity contribution is 7.80. The van der Waals surface area contributed by atoms with Crippen LogP contribution < -0.4 is 0 Å². The van der Waals surface area contributed by atoms with Crippen molar-refractivity contribution in [3.63, 3.8) is 0 Å². The molecule has 0 bridgehead atoms. The summed E-state index contributed by atoms with van der Waals surface area (Å²) in [6.45, 7) is 4.80. The highest BCUT2D eigenvalue weighted by Crippen LogP contribution is 2.22. The van der Waals surface area contributed by atoms with E-state index in [9.17, 15) is 5.11 Å². The molecule has 0 atom stereocenters. The third kappa shape index (κ3) is 2.88. The number of aromatic hydroxyl groups is 1. The SMILES string of the molecule is Cc1ccc(-n2cc(C(=S)N3CCOCC3)nn2)c(O)c1. The van der Waals surface area contributed by atoms with Gasteiger partial charge in [-0.15, -0.1) is 5.10 Å². The molecule has 7 heteroatoms. The molecule has 1 aromatic carbocycles. The molecule has 0 radical (unpaired) electrons. The van der Waals surface area contributed by atoms with Gasteiger partial charge in [0, 0.05) is 13.1 Å². The second kappa shape index (κ2) is 5.79. The summed E-state index contributed by atoms with van der Waals surface area (Å²) in [6.07, 6.45) is 1.74. The second-order valence-corrected chi connectivity index (χ2v) is 5.33. The number of aromatic nitrogens is 3. The highest BCUT2D eigenvalue weighted by atomic mass is 32.1. The van der Waals surface area contributed by atoms with Crippen LogP contribution in [0.1, 0.15) is 11.3 Å². The molecule has 1 aliphatic rings. The molecule has 0 unspecified atom stereocenters. The molecule has 6 nitrogen and oxygen atoms in total. The molecule has 2 aromatic rings. The van der Waals surface area contributed by atoms with Crippen LogP contribution in [-0.4, -0.2) is 56.3 Å². The van der Waals surface area contributed by atoms with Gasteiger partial charge in [0.05, 0.1) is 19.4 Å². The second-order valence-electron chi connectivity index (χ2n) is 4.95. The van der Waals surface area contributed by atoms with Crippen molar-refractivity contribution in [2.75, 3.05) is 26.3 Å². The summed E-state index contributed by atoms with van der Waals surface area (Å²) in [6, 6.07) is 5.41. The van der Waals surface area contributed by atoms with Gasteiger partial charge >= 0.3 is 0 Å². The van der Waals surface area contributed by atoms with E-state index >= 15 is 0 Å². The van der Waals surface area contributed by atoms with E-state index in [1.807, 2.05) is 13.0 Å². The van der Waals surface area contributed by atoms with E-state index in [4.69, 9.17) is 17.0 Å². The van der Waals surface area contributed by atoms with Crippen LogP contribution in [0, 0.1) is 6.92 Å². The van der Waals surface area contributed by atoms with Gasteiger partial charge in [-0.1, -0.05) is 23.5 Å². The number of benzene rings is 1. The van der Waals surface area contributed by atoms with Gasteiger partial charge in [0.25, 0.3) is 0 Å². The van der Waals surface area contributed by atoms with Gasteiger partial charge < -0.3 is 14.7 Å². The van der Waals surface area contributed by atoms with Crippen molar-refractivity contribution >= 4 is 17.2 Å². The van der Waals surface area contributed by atoms with Gasteiger partial charge in [-0.05, 0) is 24.6 Å².